The Morgan fingerprint density at radius 1 is 1.47 bits per heavy atom. The van der Waals surface area contributed by atoms with Gasteiger partial charge in [-0.2, -0.15) is 0 Å². The maximum atomic E-state index is 5.72. The van der Waals surface area contributed by atoms with E-state index in [1.54, 1.807) is 7.11 Å². The summed E-state index contributed by atoms with van der Waals surface area (Å²) in [5, 5.41) is 0. The minimum absolute atomic E-state index is 0.0645. The van der Waals surface area contributed by atoms with Crippen LogP contribution in [0.25, 0.3) is 0 Å². The highest BCUT2D eigenvalue weighted by atomic mass is 79.9. The van der Waals surface area contributed by atoms with E-state index in [2.05, 4.69) is 22.9 Å². The van der Waals surface area contributed by atoms with Crippen LogP contribution in [0.3, 0.4) is 0 Å². The lowest BCUT2D eigenvalue weighted by molar-refractivity contribution is 0.203. The van der Waals surface area contributed by atoms with Gasteiger partial charge in [-0.1, -0.05) is 6.92 Å². The molecule has 15 heavy (non-hydrogen) atoms. The average molecular weight is 274 g/mol. The molecule has 2 N–H and O–H groups in total. The zero-order valence-electron chi connectivity index (χ0n) is 9.00. The number of halogens is 1. The zero-order chi connectivity index (χ0) is 11.3. The van der Waals surface area contributed by atoms with E-state index < -0.39 is 0 Å². The van der Waals surface area contributed by atoms with E-state index >= 15 is 0 Å². The van der Waals surface area contributed by atoms with Crippen LogP contribution in [0, 0.1) is 0 Å². The van der Waals surface area contributed by atoms with Crippen LogP contribution < -0.4 is 15.2 Å². The molecule has 0 amide bonds. The van der Waals surface area contributed by atoms with Gasteiger partial charge in [-0.25, -0.2) is 0 Å². The molecular formula is C11H16BrNO2. The largest absolute Gasteiger partial charge is 0.497 e. The van der Waals surface area contributed by atoms with Gasteiger partial charge in [0.1, 0.15) is 17.6 Å². The summed E-state index contributed by atoms with van der Waals surface area (Å²) in [5.41, 5.74) is 5.57. The molecule has 0 spiro atoms. The first-order valence-electron chi connectivity index (χ1n) is 4.91. The molecule has 1 aromatic rings. The van der Waals surface area contributed by atoms with Crippen molar-refractivity contribution in [2.24, 2.45) is 5.73 Å². The van der Waals surface area contributed by atoms with E-state index in [-0.39, 0.29) is 6.10 Å². The van der Waals surface area contributed by atoms with Gasteiger partial charge in [-0.3, -0.25) is 0 Å². The Balaban J connectivity index is 2.77. The maximum Gasteiger partial charge on any atom is 0.134 e. The molecular weight excluding hydrogens is 258 g/mol. The van der Waals surface area contributed by atoms with Crippen LogP contribution in [0.5, 0.6) is 11.5 Å². The van der Waals surface area contributed by atoms with Crippen LogP contribution >= 0.6 is 15.9 Å². The molecule has 1 rings (SSSR count). The number of hydrogen-bond acceptors (Lipinski definition) is 3. The quantitative estimate of drug-likeness (QED) is 0.897. The van der Waals surface area contributed by atoms with Crippen molar-refractivity contribution in [3.8, 4) is 11.5 Å². The molecule has 0 heterocycles. The first-order chi connectivity index (χ1) is 7.21. The van der Waals surface area contributed by atoms with E-state index in [1.807, 2.05) is 18.2 Å². The molecule has 0 aliphatic rings. The normalized spacial score (nSPS) is 12.3. The molecule has 0 radical (unpaired) electrons. The number of hydrogen-bond donors (Lipinski definition) is 1. The van der Waals surface area contributed by atoms with Gasteiger partial charge in [0.15, 0.2) is 0 Å². The number of rotatable bonds is 5. The Kier molecular flexibility index (Phi) is 4.91. The van der Waals surface area contributed by atoms with Crippen LogP contribution in [0.15, 0.2) is 22.7 Å². The molecule has 0 aliphatic carbocycles. The standard InChI is InChI=1S/C11H16BrNO2/c1-3-8(7-13)15-11-5-4-9(14-2)6-10(11)12/h4-6,8H,3,7,13H2,1-2H3. The SMILES string of the molecule is CCC(CN)Oc1ccc(OC)cc1Br. The monoisotopic (exact) mass is 273 g/mol. The third-order valence-electron chi connectivity index (χ3n) is 2.15. The Morgan fingerprint density at radius 2 is 2.20 bits per heavy atom. The van der Waals surface area contributed by atoms with E-state index in [4.69, 9.17) is 15.2 Å². The van der Waals surface area contributed by atoms with Crippen molar-refractivity contribution in [2.75, 3.05) is 13.7 Å². The summed E-state index contributed by atoms with van der Waals surface area (Å²) in [6.07, 6.45) is 0.962. The van der Waals surface area contributed by atoms with Crippen LogP contribution in [-0.4, -0.2) is 19.8 Å². The van der Waals surface area contributed by atoms with Crippen molar-refractivity contribution in [1.29, 1.82) is 0 Å². The predicted molar refractivity (Wildman–Crippen MR) is 64.5 cm³/mol. The molecule has 0 fully saturated rings. The van der Waals surface area contributed by atoms with Gasteiger partial charge < -0.3 is 15.2 Å². The van der Waals surface area contributed by atoms with E-state index in [0.29, 0.717) is 6.54 Å². The Morgan fingerprint density at radius 3 is 2.67 bits per heavy atom. The van der Waals surface area contributed by atoms with Gasteiger partial charge in [0.25, 0.3) is 0 Å². The van der Waals surface area contributed by atoms with E-state index in [9.17, 15) is 0 Å². The number of ether oxygens (including phenoxy) is 2. The Bertz CT molecular complexity index is 313. The van der Waals surface area contributed by atoms with Gasteiger partial charge >= 0.3 is 0 Å². The highest BCUT2D eigenvalue weighted by Crippen LogP contribution is 2.29. The second kappa shape index (κ2) is 5.98. The number of nitrogens with two attached hydrogens (primary N) is 1. The molecule has 84 valence electrons. The maximum absolute atomic E-state index is 5.72. The van der Waals surface area contributed by atoms with Crippen LogP contribution in [0.4, 0.5) is 0 Å². The summed E-state index contributed by atoms with van der Waals surface area (Å²) >= 11 is 3.43. The Labute approximate surface area is 98.7 Å². The molecule has 0 aliphatic heterocycles. The van der Waals surface area contributed by atoms with Crippen molar-refractivity contribution in [3.05, 3.63) is 22.7 Å². The molecule has 1 aromatic carbocycles. The lowest BCUT2D eigenvalue weighted by atomic mass is 10.2. The molecule has 3 nitrogen and oxygen atoms in total. The molecule has 0 aromatic heterocycles. The summed E-state index contributed by atoms with van der Waals surface area (Å²) in [4.78, 5) is 0. The van der Waals surface area contributed by atoms with Gasteiger partial charge in [-0.15, -0.1) is 0 Å². The van der Waals surface area contributed by atoms with Crippen molar-refractivity contribution >= 4 is 15.9 Å². The zero-order valence-corrected chi connectivity index (χ0v) is 10.6. The first-order valence-corrected chi connectivity index (χ1v) is 5.70. The topological polar surface area (TPSA) is 44.5 Å². The summed E-state index contributed by atoms with van der Waals surface area (Å²) in [5.74, 6) is 1.60. The highest BCUT2D eigenvalue weighted by molar-refractivity contribution is 9.10. The van der Waals surface area contributed by atoms with Crippen molar-refractivity contribution in [1.82, 2.24) is 0 Å². The molecule has 0 saturated heterocycles. The smallest absolute Gasteiger partial charge is 0.134 e. The van der Waals surface area contributed by atoms with Crippen LogP contribution in [0.1, 0.15) is 13.3 Å². The van der Waals surface area contributed by atoms with E-state index in [1.165, 1.54) is 0 Å². The van der Waals surface area contributed by atoms with Crippen molar-refractivity contribution < 1.29 is 9.47 Å². The van der Waals surface area contributed by atoms with Crippen molar-refractivity contribution in [3.63, 3.8) is 0 Å². The molecule has 0 saturated carbocycles. The second-order valence-corrected chi connectivity index (χ2v) is 4.03. The van der Waals surface area contributed by atoms with E-state index in [0.717, 1.165) is 22.4 Å². The number of methoxy groups -OCH3 is 1. The summed E-state index contributed by atoms with van der Waals surface area (Å²) < 4.78 is 11.7. The van der Waals surface area contributed by atoms with Gasteiger partial charge in [0, 0.05) is 6.54 Å². The summed E-state index contributed by atoms with van der Waals surface area (Å²) in [6, 6.07) is 5.61. The summed E-state index contributed by atoms with van der Waals surface area (Å²) in [7, 11) is 1.64. The fraction of sp³-hybridized carbons (Fsp3) is 0.455. The van der Waals surface area contributed by atoms with Gasteiger partial charge in [-0.05, 0) is 40.5 Å². The Hall–Kier alpha value is -0.740. The second-order valence-electron chi connectivity index (χ2n) is 3.18. The average Bonchev–Trinajstić information content (AvgIpc) is 2.27. The molecule has 1 unspecified atom stereocenters. The van der Waals surface area contributed by atoms with Crippen LogP contribution in [-0.2, 0) is 0 Å². The molecule has 1 atom stereocenters. The fourth-order valence-corrected chi connectivity index (χ4v) is 1.63. The van der Waals surface area contributed by atoms with Gasteiger partial charge in [0.2, 0.25) is 0 Å². The van der Waals surface area contributed by atoms with Crippen LogP contribution in [0.2, 0.25) is 0 Å². The van der Waals surface area contributed by atoms with Crippen molar-refractivity contribution in [2.45, 2.75) is 19.4 Å². The number of benzene rings is 1. The summed E-state index contributed by atoms with van der Waals surface area (Å²) in [6.45, 7) is 2.57. The minimum Gasteiger partial charge on any atom is -0.497 e. The fourth-order valence-electron chi connectivity index (χ4n) is 1.18. The first kappa shape index (κ1) is 12.3. The molecule has 4 heteroatoms. The third-order valence-corrected chi connectivity index (χ3v) is 2.77. The lowest BCUT2D eigenvalue weighted by Gasteiger charge is -2.16. The highest BCUT2D eigenvalue weighted by Gasteiger charge is 2.08. The third kappa shape index (κ3) is 3.39. The predicted octanol–water partition coefficient (Wildman–Crippen LogP) is 2.57. The minimum atomic E-state index is 0.0645. The van der Waals surface area contributed by atoms with Gasteiger partial charge in [0.05, 0.1) is 11.6 Å². The lowest BCUT2D eigenvalue weighted by Crippen LogP contribution is -2.25. The molecule has 0 bridgehead atoms.